The van der Waals surface area contributed by atoms with Crippen LogP contribution in [0, 0.1) is 17.3 Å². The van der Waals surface area contributed by atoms with Crippen molar-refractivity contribution in [2.75, 3.05) is 19.1 Å². The fourth-order valence-corrected chi connectivity index (χ4v) is 1.58. The summed E-state index contributed by atoms with van der Waals surface area (Å²) >= 11 is 0. The molecule has 1 aromatic heterocycles. The van der Waals surface area contributed by atoms with E-state index in [1.807, 2.05) is 6.19 Å². The summed E-state index contributed by atoms with van der Waals surface area (Å²) in [5.41, 5.74) is 0.993. The molecule has 6 heteroatoms. The highest BCUT2D eigenvalue weighted by molar-refractivity contribution is 5.67. The number of hydrogen-bond donors (Lipinski definition) is 0. The molecule has 0 aliphatic heterocycles. The van der Waals surface area contributed by atoms with Gasteiger partial charge in [-0.1, -0.05) is 0 Å². The minimum atomic E-state index is -0.379. The maximum Gasteiger partial charge on any atom is 0.185 e. The molecule has 1 heterocycles. The topological polar surface area (TPSA) is 62.0 Å². The third-order valence-corrected chi connectivity index (χ3v) is 2.58. The van der Waals surface area contributed by atoms with E-state index in [1.165, 1.54) is 30.2 Å². The van der Waals surface area contributed by atoms with Crippen molar-refractivity contribution in [1.29, 1.82) is 5.26 Å². The number of nitriles is 1. The van der Waals surface area contributed by atoms with Crippen LogP contribution in [-0.4, -0.2) is 24.4 Å². The average Bonchev–Trinajstić information content (AvgIpc) is 2.46. The number of aromatic nitrogens is 2. The Morgan fingerprint density at radius 3 is 2.63 bits per heavy atom. The van der Waals surface area contributed by atoms with Crippen molar-refractivity contribution < 1.29 is 9.13 Å². The molecule has 0 aliphatic carbocycles. The van der Waals surface area contributed by atoms with Gasteiger partial charge in [0.25, 0.3) is 0 Å². The molecule has 0 atom stereocenters. The second-order valence-electron chi connectivity index (χ2n) is 3.78. The van der Waals surface area contributed by atoms with E-state index < -0.39 is 0 Å². The highest BCUT2D eigenvalue weighted by atomic mass is 19.1. The van der Waals surface area contributed by atoms with Crippen LogP contribution in [0.25, 0.3) is 11.3 Å². The average molecular weight is 258 g/mol. The highest BCUT2D eigenvalue weighted by Crippen LogP contribution is 2.29. The molecule has 0 radical (unpaired) electrons. The number of halogens is 1. The molecule has 1 aromatic carbocycles. The first kappa shape index (κ1) is 12.8. The zero-order valence-corrected chi connectivity index (χ0v) is 10.5. The molecule has 2 aromatic rings. The molecule has 0 unspecified atom stereocenters. The SMILES string of the molecule is COc1ccc(F)cc1-c1ccc(N(C)C#N)nn1. The van der Waals surface area contributed by atoms with Crippen LogP contribution in [0.2, 0.25) is 0 Å². The van der Waals surface area contributed by atoms with Crippen molar-refractivity contribution in [2.24, 2.45) is 0 Å². The summed E-state index contributed by atoms with van der Waals surface area (Å²) in [5, 5.41) is 16.6. The second-order valence-corrected chi connectivity index (χ2v) is 3.78. The summed E-state index contributed by atoms with van der Waals surface area (Å²) in [6.45, 7) is 0. The molecule has 0 saturated heterocycles. The Kier molecular flexibility index (Phi) is 3.57. The van der Waals surface area contributed by atoms with Gasteiger partial charge in [0.05, 0.1) is 12.8 Å². The molecule has 0 amide bonds. The third-order valence-electron chi connectivity index (χ3n) is 2.58. The molecule has 0 saturated carbocycles. The maximum absolute atomic E-state index is 13.3. The summed E-state index contributed by atoms with van der Waals surface area (Å²) in [5.74, 6) is 0.550. The number of anilines is 1. The first-order chi connectivity index (χ1) is 9.15. The molecular formula is C13H11FN4O. The lowest BCUT2D eigenvalue weighted by molar-refractivity contribution is 0.415. The van der Waals surface area contributed by atoms with Gasteiger partial charge < -0.3 is 4.74 Å². The molecule has 0 N–H and O–H groups in total. The van der Waals surface area contributed by atoms with E-state index in [4.69, 9.17) is 10.00 Å². The molecule has 0 aliphatic rings. The minimum Gasteiger partial charge on any atom is -0.496 e. The van der Waals surface area contributed by atoms with Gasteiger partial charge in [-0.05, 0) is 30.3 Å². The first-order valence-electron chi connectivity index (χ1n) is 5.47. The highest BCUT2D eigenvalue weighted by Gasteiger charge is 2.10. The Hall–Kier alpha value is -2.68. The number of rotatable bonds is 3. The van der Waals surface area contributed by atoms with E-state index >= 15 is 0 Å². The lowest BCUT2D eigenvalue weighted by Gasteiger charge is -2.09. The molecule has 5 nitrogen and oxygen atoms in total. The molecule has 0 bridgehead atoms. The monoisotopic (exact) mass is 258 g/mol. The van der Waals surface area contributed by atoms with Gasteiger partial charge in [-0.15, -0.1) is 10.2 Å². The zero-order valence-electron chi connectivity index (χ0n) is 10.5. The molecule has 2 rings (SSSR count). The maximum atomic E-state index is 13.3. The molecule has 0 spiro atoms. The van der Waals surface area contributed by atoms with Crippen LogP contribution in [0.15, 0.2) is 30.3 Å². The Bertz CT molecular complexity index is 622. The van der Waals surface area contributed by atoms with Crippen molar-refractivity contribution >= 4 is 5.82 Å². The van der Waals surface area contributed by atoms with Crippen molar-refractivity contribution in [2.45, 2.75) is 0 Å². The van der Waals surface area contributed by atoms with E-state index in [0.717, 1.165) is 0 Å². The van der Waals surface area contributed by atoms with Crippen LogP contribution < -0.4 is 9.64 Å². The van der Waals surface area contributed by atoms with Gasteiger partial charge in [0, 0.05) is 12.6 Å². The van der Waals surface area contributed by atoms with Crippen LogP contribution >= 0.6 is 0 Å². The summed E-state index contributed by atoms with van der Waals surface area (Å²) in [6, 6.07) is 7.47. The molecule has 0 fully saturated rings. The summed E-state index contributed by atoms with van der Waals surface area (Å²) in [7, 11) is 3.08. The van der Waals surface area contributed by atoms with E-state index in [0.29, 0.717) is 22.8 Å². The van der Waals surface area contributed by atoms with Gasteiger partial charge in [0.15, 0.2) is 12.0 Å². The van der Waals surface area contributed by atoms with Gasteiger partial charge in [-0.3, -0.25) is 4.90 Å². The fourth-order valence-electron chi connectivity index (χ4n) is 1.58. The largest absolute Gasteiger partial charge is 0.496 e. The van der Waals surface area contributed by atoms with E-state index in [9.17, 15) is 4.39 Å². The minimum absolute atomic E-state index is 0.379. The summed E-state index contributed by atoms with van der Waals surface area (Å²) in [4.78, 5) is 1.28. The van der Waals surface area contributed by atoms with Gasteiger partial charge in [0.1, 0.15) is 11.6 Å². The standard InChI is InChI=1S/C13H11FN4O/c1-18(8-15)13-6-4-11(16-17-13)10-7-9(14)3-5-12(10)19-2/h3-7H,1-2H3. The predicted molar refractivity (Wildman–Crippen MR) is 68.0 cm³/mol. The lowest BCUT2D eigenvalue weighted by atomic mass is 10.1. The zero-order chi connectivity index (χ0) is 13.8. The van der Waals surface area contributed by atoms with Crippen LogP contribution in [0.5, 0.6) is 5.75 Å². The second kappa shape index (κ2) is 5.31. The van der Waals surface area contributed by atoms with Crippen molar-refractivity contribution in [1.82, 2.24) is 10.2 Å². The van der Waals surface area contributed by atoms with Crippen LogP contribution in [0.4, 0.5) is 10.2 Å². The summed E-state index contributed by atoms with van der Waals surface area (Å²) < 4.78 is 18.4. The Labute approximate surface area is 109 Å². The molecular weight excluding hydrogens is 247 g/mol. The smallest absolute Gasteiger partial charge is 0.185 e. The van der Waals surface area contributed by atoms with E-state index in [1.54, 1.807) is 19.2 Å². The van der Waals surface area contributed by atoms with Gasteiger partial charge in [0.2, 0.25) is 0 Å². The third kappa shape index (κ3) is 2.60. The molecule has 19 heavy (non-hydrogen) atoms. The van der Waals surface area contributed by atoms with Crippen molar-refractivity contribution in [3.05, 3.63) is 36.1 Å². The Morgan fingerprint density at radius 2 is 2.05 bits per heavy atom. The van der Waals surface area contributed by atoms with Gasteiger partial charge in [-0.2, -0.15) is 5.26 Å². The number of methoxy groups -OCH3 is 1. The van der Waals surface area contributed by atoms with Gasteiger partial charge in [-0.25, -0.2) is 4.39 Å². The quantitative estimate of drug-likeness (QED) is 0.624. The lowest BCUT2D eigenvalue weighted by Crippen LogP contribution is -2.10. The van der Waals surface area contributed by atoms with Crippen LogP contribution in [-0.2, 0) is 0 Å². The van der Waals surface area contributed by atoms with E-state index in [2.05, 4.69) is 10.2 Å². The number of hydrogen-bond acceptors (Lipinski definition) is 5. The predicted octanol–water partition coefficient (Wildman–Crippen LogP) is 2.21. The summed E-state index contributed by atoms with van der Waals surface area (Å²) in [6.07, 6.45) is 1.92. The van der Waals surface area contributed by atoms with Crippen molar-refractivity contribution in [3.63, 3.8) is 0 Å². The Balaban J connectivity index is 2.43. The number of ether oxygens (including phenoxy) is 1. The number of benzene rings is 1. The fraction of sp³-hybridized carbons (Fsp3) is 0.154. The van der Waals surface area contributed by atoms with Crippen LogP contribution in [0.3, 0.4) is 0 Å². The molecule has 96 valence electrons. The van der Waals surface area contributed by atoms with Crippen LogP contribution in [0.1, 0.15) is 0 Å². The number of nitrogens with zero attached hydrogens (tertiary/aromatic N) is 4. The van der Waals surface area contributed by atoms with Crippen molar-refractivity contribution in [3.8, 4) is 23.2 Å². The first-order valence-corrected chi connectivity index (χ1v) is 5.47. The Morgan fingerprint density at radius 1 is 1.26 bits per heavy atom. The van der Waals surface area contributed by atoms with Gasteiger partial charge >= 0.3 is 0 Å². The van der Waals surface area contributed by atoms with E-state index in [-0.39, 0.29) is 5.82 Å². The normalized spacial score (nSPS) is 9.79.